The summed E-state index contributed by atoms with van der Waals surface area (Å²) in [4.78, 5) is 22.6. The van der Waals surface area contributed by atoms with Gasteiger partial charge in [0, 0.05) is 13.1 Å². The van der Waals surface area contributed by atoms with Gasteiger partial charge in [-0.2, -0.15) is 4.31 Å². The van der Waals surface area contributed by atoms with Crippen molar-refractivity contribution in [3.05, 3.63) is 17.5 Å². The third-order valence-electron chi connectivity index (χ3n) is 3.05. The summed E-state index contributed by atoms with van der Waals surface area (Å²) in [7, 11) is -2.38. The Morgan fingerprint density at radius 2 is 2.05 bits per heavy atom. The van der Waals surface area contributed by atoms with E-state index in [9.17, 15) is 18.0 Å². The lowest BCUT2D eigenvalue weighted by atomic mass is 10.0. The molecule has 0 fully saturated rings. The highest BCUT2D eigenvalue weighted by molar-refractivity contribution is 7.91. The first-order valence-electron chi connectivity index (χ1n) is 6.18. The summed E-state index contributed by atoms with van der Waals surface area (Å²) in [5.74, 6) is -2.33. The van der Waals surface area contributed by atoms with Crippen LogP contribution in [0.4, 0.5) is 0 Å². The fourth-order valence-electron chi connectivity index (χ4n) is 1.49. The number of aliphatic carboxylic acids is 1. The van der Waals surface area contributed by atoms with Gasteiger partial charge >= 0.3 is 5.97 Å². The average molecular weight is 334 g/mol. The lowest BCUT2D eigenvalue weighted by Crippen LogP contribution is -2.45. The Bertz CT molecular complexity index is 597. The highest BCUT2D eigenvalue weighted by Gasteiger charge is 2.26. The van der Waals surface area contributed by atoms with Crippen LogP contribution in [0.15, 0.2) is 21.7 Å². The van der Waals surface area contributed by atoms with E-state index in [2.05, 4.69) is 5.32 Å². The van der Waals surface area contributed by atoms with Gasteiger partial charge in [-0.3, -0.25) is 9.59 Å². The van der Waals surface area contributed by atoms with Crippen molar-refractivity contribution in [1.82, 2.24) is 9.62 Å². The predicted molar refractivity (Wildman–Crippen MR) is 78.5 cm³/mol. The third kappa shape index (κ3) is 4.51. The Hall–Kier alpha value is -1.45. The fourth-order valence-corrected chi connectivity index (χ4v) is 3.82. The number of thiophene rings is 1. The first-order chi connectivity index (χ1) is 9.66. The van der Waals surface area contributed by atoms with Gasteiger partial charge in [-0.05, 0) is 25.3 Å². The van der Waals surface area contributed by atoms with Gasteiger partial charge in [0.05, 0.1) is 12.5 Å². The molecule has 1 amide bonds. The number of sulfonamides is 1. The maximum Gasteiger partial charge on any atom is 0.308 e. The Morgan fingerprint density at radius 1 is 1.43 bits per heavy atom. The zero-order valence-corrected chi connectivity index (χ0v) is 13.6. The molecule has 0 aromatic carbocycles. The Morgan fingerprint density at radius 3 is 2.52 bits per heavy atom. The average Bonchev–Trinajstić information content (AvgIpc) is 2.91. The largest absolute Gasteiger partial charge is 0.481 e. The van der Waals surface area contributed by atoms with E-state index in [1.165, 1.54) is 20.0 Å². The highest BCUT2D eigenvalue weighted by atomic mass is 32.2. The van der Waals surface area contributed by atoms with E-state index in [4.69, 9.17) is 5.11 Å². The van der Waals surface area contributed by atoms with E-state index in [0.29, 0.717) is 0 Å². The van der Waals surface area contributed by atoms with E-state index >= 15 is 0 Å². The summed E-state index contributed by atoms with van der Waals surface area (Å²) in [6.45, 7) is 2.67. The molecule has 2 atom stereocenters. The minimum absolute atomic E-state index is 0.157. The topological polar surface area (TPSA) is 104 Å². The van der Waals surface area contributed by atoms with Gasteiger partial charge < -0.3 is 10.4 Å². The zero-order valence-electron chi connectivity index (χ0n) is 11.9. The number of carboxylic acids is 1. The summed E-state index contributed by atoms with van der Waals surface area (Å²) in [5, 5.41) is 13.0. The van der Waals surface area contributed by atoms with Crippen LogP contribution in [0.25, 0.3) is 0 Å². The molecular formula is C12H18N2O5S2. The second-order valence-electron chi connectivity index (χ2n) is 4.68. The van der Waals surface area contributed by atoms with Crippen molar-refractivity contribution in [2.45, 2.75) is 24.1 Å². The van der Waals surface area contributed by atoms with Crippen molar-refractivity contribution in [1.29, 1.82) is 0 Å². The normalized spacial score (nSPS) is 14.7. The summed E-state index contributed by atoms with van der Waals surface area (Å²) in [6, 6.07) is 2.49. The molecule has 118 valence electrons. The molecule has 0 saturated carbocycles. The molecule has 9 heteroatoms. The van der Waals surface area contributed by atoms with Gasteiger partial charge in [0.1, 0.15) is 4.21 Å². The molecule has 1 aromatic rings. The molecule has 0 radical (unpaired) electrons. The minimum atomic E-state index is -3.69. The standard InChI is InChI=1S/C12H18N2O5S2/c1-8(12(16)17)9(2)13-10(15)7-14(3)21(18,19)11-5-4-6-20-11/h4-6,8-9H,7H2,1-3H3,(H,13,15)(H,16,17). The number of nitrogens with zero attached hydrogens (tertiary/aromatic N) is 1. The highest BCUT2D eigenvalue weighted by Crippen LogP contribution is 2.19. The summed E-state index contributed by atoms with van der Waals surface area (Å²) in [5.41, 5.74) is 0. The zero-order chi connectivity index (χ0) is 16.2. The van der Waals surface area contributed by atoms with Crippen LogP contribution in [0.3, 0.4) is 0 Å². The molecule has 7 nitrogen and oxygen atoms in total. The molecule has 0 aliphatic rings. The summed E-state index contributed by atoms with van der Waals surface area (Å²) >= 11 is 1.07. The van der Waals surface area contributed by atoms with Crippen molar-refractivity contribution in [3.8, 4) is 0 Å². The van der Waals surface area contributed by atoms with Gasteiger partial charge in [-0.25, -0.2) is 8.42 Å². The lowest BCUT2D eigenvalue weighted by Gasteiger charge is -2.20. The number of hydrogen-bond donors (Lipinski definition) is 2. The molecule has 1 heterocycles. The number of carbonyl (C=O) groups excluding carboxylic acids is 1. The van der Waals surface area contributed by atoms with E-state index in [1.54, 1.807) is 18.4 Å². The smallest absolute Gasteiger partial charge is 0.308 e. The Labute approximate surface area is 127 Å². The molecule has 0 spiro atoms. The molecule has 2 N–H and O–H groups in total. The van der Waals surface area contributed by atoms with Crippen molar-refractivity contribution in [3.63, 3.8) is 0 Å². The Balaban J connectivity index is 2.65. The van der Waals surface area contributed by atoms with Crippen molar-refractivity contribution in [2.75, 3.05) is 13.6 Å². The maximum atomic E-state index is 12.1. The third-order valence-corrected chi connectivity index (χ3v) is 6.23. The van der Waals surface area contributed by atoms with E-state index in [1.807, 2.05) is 0 Å². The van der Waals surface area contributed by atoms with Crippen molar-refractivity contribution < 1.29 is 23.1 Å². The van der Waals surface area contributed by atoms with E-state index in [-0.39, 0.29) is 10.8 Å². The van der Waals surface area contributed by atoms with Crippen LogP contribution in [-0.4, -0.2) is 49.3 Å². The molecule has 1 aromatic heterocycles. The second-order valence-corrected chi connectivity index (χ2v) is 7.90. The van der Waals surface area contributed by atoms with Crippen LogP contribution in [-0.2, 0) is 19.6 Å². The quantitative estimate of drug-likeness (QED) is 0.760. The molecule has 0 saturated heterocycles. The van der Waals surface area contributed by atoms with Gasteiger partial charge in [-0.15, -0.1) is 11.3 Å². The molecule has 0 aliphatic carbocycles. The number of likely N-dealkylation sites (N-methyl/N-ethyl adjacent to an activating group) is 1. The van der Waals surface area contributed by atoms with Crippen molar-refractivity contribution in [2.24, 2.45) is 5.92 Å². The van der Waals surface area contributed by atoms with Crippen LogP contribution in [0.5, 0.6) is 0 Å². The van der Waals surface area contributed by atoms with Crippen LogP contribution in [0.2, 0.25) is 0 Å². The summed E-state index contributed by atoms with van der Waals surface area (Å²) < 4.78 is 25.3. The predicted octanol–water partition coefficient (Wildman–Crippen LogP) is 0.594. The van der Waals surface area contributed by atoms with Gasteiger partial charge in [0.15, 0.2) is 0 Å². The van der Waals surface area contributed by atoms with Crippen LogP contribution < -0.4 is 5.32 Å². The molecular weight excluding hydrogens is 316 g/mol. The van der Waals surface area contributed by atoms with Crippen LogP contribution in [0.1, 0.15) is 13.8 Å². The van der Waals surface area contributed by atoms with Crippen LogP contribution >= 0.6 is 11.3 Å². The Kier molecular flexibility index (Phi) is 5.87. The number of rotatable bonds is 7. The lowest BCUT2D eigenvalue weighted by molar-refractivity contribution is -0.142. The molecule has 21 heavy (non-hydrogen) atoms. The SMILES string of the molecule is CC(NC(=O)CN(C)S(=O)(=O)c1cccs1)C(C)C(=O)O. The van der Waals surface area contributed by atoms with Gasteiger partial charge in [0.2, 0.25) is 5.91 Å². The van der Waals surface area contributed by atoms with Gasteiger partial charge in [-0.1, -0.05) is 6.07 Å². The first-order valence-corrected chi connectivity index (χ1v) is 8.50. The minimum Gasteiger partial charge on any atom is -0.481 e. The van der Waals surface area contributed by atoms with E-state index in [0.717, 1.165) is 15.6 Å². The number of hydrogen-bond acceptors (Lipinski definition) is 5. The van der Waals surface area contributed by atoms with E-state index < -0.39 is 33.9 Å². The molecule has 0 bridgehead atoms. The number of carbonyl (C=O) groups is 2. The molecule has 2 unspecified atom stereocenters. The van der Waals surface area contributed by atoms with Crippen LogP contribution in [0, 0.1) is 5.92 Å². The summed E-state index contributed by atoms with van der Waals surface area (Å²) in [6.07, 6.45) is 0. The molecule has 1 rings (SSSR count). The molecule has 0 aliphatic heterocycles. The number of carboxylic acid groups (broad SMARTS) is 1. The van der Waals surface area contributed by atoms with Gasteiger partial charge in [0.25, 0.3) is 10.0 Å². The van der Waals surface area contributed by atoms with Crippen molar-refractivity contribution >= 4 is 33.2 Å². The fraction of sp³-hybridized carbons (Fsp3) is 0.500. The monoisotopic (exact) mass is 334 g/mol. The number of amides is 1. The number of nitrogens with one attached hydrogen (secondary N) is 1. The second kappa shape index (κ2) is 7.01. The first kappa shape index (κ1) is 17.6. The maximum absolute atomic E-state index is 12.1.